The summed E-state index contributed by atoms with van der Waals surface area (Å²) in [4.78, 5) is 15.1. The Bertz CT molecular complexity index is 1100. The summed E-state index contributed by atoms with van der Waals surface area (Å²) in [6, 6.07) is 8.78. The molecule has 0 bridgehead atoms. The van der Waals surface area contributed by atoms with Crippen molar-refractivity contribution in [1.29, 1.82) is 0 Å². The maximum atomic E-state index is 14.5. The molecule has 4 rings (SSSR count). The van der Waals surface area contributed by atoms with Crippen LogP contribution in [0.5, 0.6) is 0 Å². The summed E-state index contributed by atoms with van der Waals surface area (Å²) in [5.74, 6) is -0.978. The summed E-state index contributed by atoms with van der Waals surface area (Å²) in [7, 11) is 0. The molecule has 4 aromatic rings. The summed E-state index contributed by atoms with van der Waals surface area (Å²) < 4.78 is 27.6. The van der Waals surface area contributed by atoms with Crippen LogP contribution in [-0.4, -0.2) is 19.9 Å². The van der Waals surface area contributed by atoms with Gasteiger partial charge in [-0.3, -0.25) is 0 Å². The smallest absolute Gasteiger partial charge is 0.216 e. The second-order valence-electron chi connectivity index (χ2n) is 6.64. The molecule has 0 aliphatic rings. The average molecular weight is 364 g/mol. The molecule has 0 aliphatic carbocycles. The molecule has 0 fully saturated rings. The number of nitrogens with zero attached hydrogens (tertiary/aromatic N) is 3. The van der Waals surface area contributed by atoms with E-state index in [1.807, 2.05) is 25.3 Å². The molecule has 0 aromatic carbocycles. The Kier molecular flexibility index (Phi) is 4.62. The summed E-state index contributed by atoms with van der Waals surface area (Å²) >= 11 is 0. The van der Waals surface area contributed by atoms with Gasteiger partial charge in [0.15, 0.2) is 0 Å². The largest absolute Gasteiger partial charge is 0.346 e. The maximum Gasteiger partial charge on any atom is 0.216 e. The number of nitrogens with one attached hydrogen (secondary N) is 1. The number of hydrogen-bond acceptors (Lipinski definition) is 3. The highest BCUT2D eigenvalue weighted by atomic mass is 19.1. The standard InChI is InChI=1S/C21H18F2N4/c1-13-8-18-16(12-26-21(18)25-11-13)10-15-3-5-17(27-20(15)23)4-2-14-6-7-24-19(22)9-14/h3,5-9,11-12H,2,4,10H2,1H3,(H,25,26). The molecule has 4 aromatic heterocycles. The lowest BCUT2D eigenvalue weighted by atomic mass is 10.0. The number of fused-ring (bicyclic) bond motifs is 1. The topological polar surface area (TPSA) is 54.5 Å². The highest BCUT2D eigenvalue weighted by Crippen LogP contribution is 2.22. The van der Waals surface area contributed by atoms with Crippen molar-refractivity contribution >= 4 is 11.0 Å². The molecule has 0 saturated heterocycles. The zero-order chi connectivity index (χ0) is 18.8. The minimum atomic E-state index is -0.509. The van der Waals surface area contributed by atoms with Crippen LogP contribution in [-0.2, 0) is 19.3 Å². The Morgan fingerprint density at radius 1 is 1.00 bits per heavy atom. The number of hydrogen-bond donors (Lipinski definition) is 1. The highest BCUT2D eigenvalue weighted by molar-refractivity contribution is 5.80. The van der Waals surface area contributed by atoms with Gasteiger partial charge in [0.05, 0.1) is 0 Å². The van der Waals surface area contributed by atoms with Crippen LogP contribution in [0.15, 0.2) is 48.9 Å². The van der Waals surface area contributed by atoms with Crippen molar-refractivity contribution in [3.05, 3.63) is 88.8 Å². The van der Waals surface area contributed by atoms with Gasteiger partial charge >= 0.3 is 0 Å². The first-order chi connectivity index (χ1) is 13.1. The molecular weight excluding hydrogens is 346 g/mol. The zero-order valence-electron chi connectivity index (χ0n) is 14.8. The highest BCUT2D eigenvalue weighted by Gasteiger charge is 2.11. The van der Waals surface area contributed by atoms with Gasteiger partial charge in [-0.1, -0.05) is 6.07 Å². The van der Waals surface area contributed by atoms with E-state index in [4.69, 9.17) is 0 Å². The molecular formula is C21H18F2N4. The van der Waals surface area contributed by atoms with Crippen molar-refractivity contribution in [3.8, 4) is 0 Å². The fraction of sp³-hybridized carbons (Fsp3) is 0.190. The second kappa shape index (κ2) is 7.23. The molecule has 4 heterocycles. The van der Waals surface area contributed by atoms with Gasteiger partial charge in [0.2, 0.25) is 11.9 Å². The van der Waals surface area contributed by atoms with E-state index < -0.39 is 11.9 Å². The number of aromatic nitrogens is 4. The third kappa shape index (κ3) is 3.84. The summed E-state index contributed by atoms with van der Waals surface area (Å²) in [5.41, 5.74) is 4.84. The van der Waals surface area contributed by atoms with Gasteiger partial charge in [0.25, 0.3) is 0 Å². The van der Waals surface area contributed by atoms with E-state index in [9.17, 15) is 8.78 Å². The number of H-pyrrole nitrogens is 1. The predicted octanol–water partition coefficient (Wildman–Crippen LogP) is 4.32. The van der Waals surface area contributed by atoms with E-state index in [2.05, 4.69) is 19.9 Å². The van der Waals surface area contributed by atoms with E-state index in [0.29, 0.717) is 30.5 Å². The van der Waals surface area contributed by atoms with Crippen LogP contribution >= 0.6 is 0 Å². The van der Waals surface area contributed by atoms with Crippen molar-refractivity contribution in [1.82, 2.24) is 19.9 Å². The van der Waals surface area contributed by atoms with Crippen LogP contribution in [0, 0.1) is 18.8 Å². The lowest BCUT2D eigenvalue weighted by Crippen LogP contribution is -2.01. The fourth-order valence-electron chi connectivity index (χ4n) is 3.16. The number of pyridine rings is 3. The third-order valence-electron chi connectivity index (χ3n) is 4.58. The van der Waals surface area contributed by atoms with Crippen LogP contribution in [0.4, 0.5) is 8.78 Å². The molecule has 6 heteroatoms. The van der Waals surface area contributed by atoms with E-state index in [1.165, 1.54) is 12.3 Å². The molecule has 4 nitrogen and oxygen atoms in total. The van der Waals surface area contributed by atoms with Crippen molar-refractivity contribution in [3.63, 3.8) is 0 Å². The Balaban J connectivity index is 1.50. The quantitative estimate of drug-likeness (QED) is 0.537. The van der Waals surface area contributed by atoms with Crippen molar-refractivity contribution in [2.24, 2.45) is 0 Å². The normalized spacial score (nSPS) is 11.2. The first-order valence-corrected chi connectivity index (χ1v) is 8.76. The Hall–Kier alpha value is -3.15. The maximum absolute atomic E-state index is 14.5. The zero-order valence-corrected chi connectivity index (χ0v) is 14.8. The molecule has 0 saturated carbocycles. The van der Waals surface area contributed by atoms with Crippen LogP contribution in [0.1, 0.15) is 27.9 Å². The lowest BCUT2D eigenvalue weighted by molar-refractivity contribution is 0.562. The first kappa shape index (κ1) is 17.3. The van der Waals surface area contributed by atoms with Gasteiger partial charge in [0, 0.05) is 41.7 Å². The SMILES string of the molecule is Cc1cnc2[nH]cc(Cc3ccc(CCc4ccnc(F)c4)nc3F)c2c1. The molecule has 0 spiro atoms. The number of rotatable bonds is 5. The van der Waals surface area contributed by atoms with Crippen LogP contribution in [0.3, 0.4) is 0 Å². The molecule has 27 heavy (non-hydrogen) atoms. The van der Waals surface area contributed by atoms with Crippen molar-refractivity contribution < 1.29 is 8.78 Å². The van der Waals surface area contributed by atoms with Crippen LogP contribution in [0.2, 0.25) is 0 Å². The van der Waals surface area contributed by atoms with Crippen LogP contribution in [0.25, 0.3) is 11.0 Å². The number of aryl methyl sites for hydroxylation is 3. The Morgan fingerprint density at radius 2 is 1.89 bits per heavy atom. The predicted molar refractivity (Wildman–Crippen MR) is 99.4 cm³/mol. The minimum absolute atomic E-state index is 0.444. The molecule has 0 unspecified atom stereocenters. The Morgan fingerprint density at radius 3 is 2.70 bits per heavy atom. The molecule has 1 N–H and O–H groups in total. The van der Waals surface area contributed by atoms with Gasteiger partial charge in [-0.2, -0.15) is 8.78 Å². The number of aromatic amines is 1. The van der Waals surface area contributed by atoms with Gasteiger partial charge in [-0.15, -0.1) is 0 Å². The Labute approximate surface area is 155 Å². The van der Waals surface area contributed by atoms with Gasteiger partial charge < -0.3 is 4.98 Å². The average Bonchev–Trinajstić information content (AvgIpc) is 3.04. The van der Waals surface area contributed by atoms with Gasteiger partial charge in [0.1, 0.15) is 5.65 Å². The van der Waals surface area contributed by atoms with Crippen LogP contribution < -0.4 is 0 Å². The molecule has 0 atom stereocenters. The van der Waals surface area contributed by atoms with Crippen molar-refractivity contribution in [2.75, 3.05) is 0 Å². The second-order valence-corrected chi connectivity index (χ2v) is 6.64. The van der Waals surface area contributed by atoms with E-state index in [0.717, 1.165) is 27.7 Å². The van der Waals surface area contributed by atoms with E-state index >= 15 is 0 Å². The summed E-state index contributed by atoms with van der Waals surface area (Å²) in [6.45, 7) is 1.98. The van der Waals surface area contributed by atoms with Crippen molar-refractivity contribution in [2.45, 2.75) is 26.2 Å². The van der Waals surface area contributed by atoms with E-state index in [1.54, 1.807) is 18.3 Å². The van der Waals surface area contributed by atoms with Gasteiger partial charge in [-0.05, 0) is 60.7 Å². The molecule has 0 aliphatic heterocycles. The fourth-order valence-corrected chi connectivity index (χ4v) is 3.16. The molecule has 136 valence electrons. The molecule has 0 radical (unpaired) electrons. The summed E-state index contributed by atoms with van der Waals surface area (Å²) in [5, 5.41) is 0.998. The lowest BCUT2D eigenvalue weighted by Gasteiger charge is -2.06. The van der Waals surface area contributed by atoms with E-state index in [-0.39, 0.29) is 0 Å². The number of halogens is 2. The monoisotopic (exact) mass is 364 g/mol. The van der Waals surface area contributed by atoms with Gasteiger partial charge in [-0.25, -0.2) is 15.0 Å². The minimum Gasteiger partial charge on any atom is -0.346 e. The summed E-state index contributed by atoms with van der Waals surface area (Å²) in [6.07, 6.45) is 6.66. The first-order valence-electron chi connectivity index (χ1n) is 8.76. The third-order valence-corrected chi connectivity index (χ3v) is 4.58. The molecule has 0 amide bonds.